The number of rotatable bonds is 3. The molecule has 0 radical (unpaired) electrons. The molecule has 1 aromatic carbocycles. The second-order valence-electron chi connectivity index (χ2n) is 4.13. The van der Waals surface area contributed by atoms with Crippen molar-refractivity contribution in [3.05, 3.63) is 29.8 Å². The van der Waals surface area contributed by atoms with Crippen LogP contribution in [0.4, 0.5) is 4.79 Å². The third-order valence-corrected chi connectivity index (χ3v) is 2.34. The summed E-state index contributed by atoms with van der Waals surface area (Å²) in [5, 5.41) is 4.74. The molecule has 1 aliphatic rings. The minimum Gasteiger partial charge on any atom is -0.491 e. The Kier molecular flexibility index (Phi) is 2.99. The smallest absolute Gasteiger partial charge is 0.322 e. The molecule has 0 bridgehead atoms. The predicted molar refractivity (Wildman–Crippen MR) is 61.6 cm³/mol. The number of hydrogen-bond acceptors (Lipinski definition) is 3. The molecule has 1 unspecified atom stereocenters. The average Bonchev–Trinajstić information content (AvgIpc) is 2.57. The number of ether oxygens (including phenoxy) is 1. The maximum atomic E-state index is 11.5. The highest BCUT2D eigenvalue weighted by Crippen LogP contribution is 2.22. The summed E-state index contributed by atoms with van der Waals surface area (Å²) in [6.07, 6.45) is 0.0669. The van der Waals surface area contributed by atoms with E-state index >= 15 is 0 Å². The first-order chi connectivity index (χ1) is 8.06. The van der Waals surface area contributed by atoms with Crippen LogP contribution in [-0.2, 0) is 4.79 Å². The van der Waals surface area contributed by atoms with E-state index in [1.807, 2.05) is 19.9 Å². The third-order valence-electron chi connectivity index (χ3n) is 2.34. The van der Waals surface area contributed by atoms with E-state index in [2.05, 4.69) is 10.6 Å². The van der Waals surface area contributed by atoms with Crippen molar-refractivity contribution in [2.75, 3.05) is 0 Å². The average molecular weight is 234 g/mol. The van der Waals surface area contributed by atoms with Gasteiger partial charge >= 0.3 is 6.03 Å². The Morgan fingerprint density at radius 2 is 2.06 bits per heavy atom. The van der Waals surface area contributed by atoms with E-state index in [1.165, 1.54) is 0 Å². The second kappa shape index (κ2) is 4.45. The van der Waals surface area contributed by atoms with Crippen molar-refractivity contribution in [3.8, 4) is 5.75 Å². The zero-order valence-electron chi connectivity index (χ0n) is 9.69. The first-order valence-electron chi connectivity index (χ1n) is 5.44. The summed E-state index contributed by atoms with van der Waals surface area (Å²) in [5.74, 6) is 0.350. The van der Waals surface area contributed by atoms with Gasteiger partial charge in [0.1, 0.15) is 11.8 Å². The fraction of sp³-hybridized carbons (Fsp3) is 0.333. The van der Waals surface area contributed by atoms with Gasteiger partial charge in [0.15, 0.2) is 0 Å². The van der Waals surface area contributed by atoms with Gasteiger partial charge in [0.25, 0.3) is 5.91 Å². The second-order valence-corrected chi connectivity index (χ2v) is 4.13. The van der Waals surface area contributed by atoms with Crippen LogP contribution in [0.3, 0.4) is 0 Å². The van der Waals surface area contributed by atoms with Crippen LogP contribution in [0.2, 0.25) is 0 Å². The molecular formula is C12H14N2O3. The molecule has 5 heteroatoms. The van der Waals surface area contributed by atoms with Gasteiger partial charge in [-0.15, -0.1) is 0 Å². The summed E-state index contributed by atoms with van der Waals surface area (Å²) in [7, 11) is 0. The molecule has 1 saturated heterocycles. The van der Waals surface area contributed by atoms with Gasteiger partial charge in [-0.2, -0.15) is 0 Å². The summed E-state index contributed by atoms with van der Waals surface area (Å²) < 4.78 is 5.53. The number of urea groups is 1. The van der Waals surface area contributed by atoms with E-state index in [-0.39, 0.29) is 12.0 Å². The Labute approximate surface area is 99.2 Å². The monoisotopic (exact) mass is 234 g/mol. The quantitative estimate of drug-likeness (QED) is 0.776. The Morgan fingerprint density at radius 3 is 2.65 bits per heavy atom. The van der Waals surface area contributed by atoms with Crippen molar-refractivity contribution < 1.29 is 14.3 Å². The van der Waals surface area contributed by atoms with Crippen LogP contribution in [0, 0.1) is 0 Å². The summed E-state index contributed by atoms with van der Waals surface area (Å²) >= 11 is 0. The Hall–Kier alpha value is -2.04. The van der Waals surface area contributed by atoms with Crippen LogP contribution >= 0.6 is 0 Å². The molecule has 1 heterocycles. The standard InChI is InChI=1S/C12H14N2O3/c1-7(2)17-9-5-3-4-8(6-9)10-11(15)14-12(16)13-10/h3-7,10H,1-2H3,(H2,13,14,15,16). The highest BCUT2D eigenvalue weighted by Gasteiger charge is 2.30. The maximum Gasteiger partial charge on any atom is 0.322 e. The molecule has 2 rings (SSSR count). The highest BCUT2D eigenvalue weighted by molar-refractivity contribution is 6.04. The largest absolute Gasteiger partial charge is 0.491 e. The lowest BCUT2D eigenvalue weighted by atomic mass is 10.1. The van der Waals surface area contributed by atoms with Crippen molar-refractivity contribution >= 4 is 11.9 Å². The predicted octanol–water partition coefficient (Wildman–Crippen LogP) is 1.35. The molecule has 90 valence electrons. The van der Waals surface area contributed by atoms with Crippen LogP contribution in [0.25, 0.3) is 0 Å². The lowest BCUT2D eigenvalue weighted by Gasteiger charge is -2.12. The van der Waals surface area contributed by atoms with Crippen molar-refractivity contribution in [1.82, 2.24) is 10.6 Å². The third kappa shape index (κ3) is 2.55. The van der Waals surface area contributed by atoms with Gasteiger partial charge < -0.3 is 10.1 Å². The molecule has 0 aliphatic carbocycles. The van der Waals surface area contributed by atoms with E-state index in [9.17, 15) is 9.59 Å². The SMILES string of the molecule is CC(C)Oc1cccc(C2NC(=O)NC2=O)c1. The molecule has 5 nitrogen and oxygen atoms in total. The van der Waals surface area contributed by atoms with Gasteiger partial charge in [-0.1, -0.05) is 12.1 Å². The number of imide groups is 1. The molecule has 3 amide bonds. The number of nitrogens with one attached hydrogen (secondary N) is 2. The topological polar surface area (TPSA) is 67.4 Å². The lowest BCUT2D eigenvalue weighted by Crippen LogP contribution is -2.22. The van der Waals surface area contributed by atoms with Crippen LogP contribution in [0.5, 0.6) is 5.75 Å². The van der Waals surface area contributed by atoms with E-state index in [1.54, 1.807) is 18.2 Å². The molecule has 2 N–H and O–H groups in total. The summed E-state index contributed by atoms with van der Waals surface area (Å²) in [4.78, 5) is 22.5. The van der Waals surface area contributed by atoms with Crippen molar-refractivity contribution in [2.45, 2.75) is 26.0 Å². The summed E-state index contributed by atoms with van der Waals surface area (Å²) in [6.45, 7) is 3.85. The highest BCUT2D eigenvalue weighted by atomic mass is 16.5. The van der Waals surface area contributed by atoms with E-state index in [0.717, 1.165) is 0 Å². The van der Waals surface area contributed by atoms with E-state index in [0.29, 0.717) is 11.3 Å². The number of amides is 3. The van der Waals surface area contributed by atoms with Gasteiger partial charge in [0.2, 0.25) is 0 Å². The fourth-order valence-corrected chi connectivity index (χ4v) is 1.69. The first kappa shape index (κ1) is 11.4. The molecule has 1 fully saturated rings. The molecule has 17 heavy (non-hydrogen) atoms. The fourth-order valence-electron chi connectivity index (χ4n) is 1.69. The van der Waals surface area contributed by atoms with Crippen LogP contribution in [0.1, 0.15) is 25.5 Å². The molecule has 1 aliphatic heterocycles. The van der Waals surface area contributed by atoms with Gasteiger partial charge in [-0.3, -0.25) is 10.1 Å². The van der Waals surface area contributed by atoms with Crippen LogP contribution in [-0.4, -0.2) is 18.0 Å². The maximum absolute atomic E-state index is 11.5. The van der Waals surface area contributed by atoms with Crippen LogP contribution in [0.15, 0.2) is 24.3 Å². The van der Waals surface area contributed by atoms with E-state index in [4.69, 9.17) is 4.74 Å². The summed E-state index contributed by atoms with van der Waals surface area (Å²) in [6, 6.07) is 6.07. The Balaban J connectivity index is 2.21. The molecule has 0 aromatic heterocycles. The Bertz CT molecular complexity index is 457. The lowest BCUT2D eigenvalue weighted by molar-refractivity contribution is -0.120. The van der Waals surface area contributed by atoms with Crippen molar-refractivity contribution in [2.24, 2.45) is 0 Å². The van der Waals surface area contributed by atoms with Crippen molar-refractivity contribution in [3.63, 3.8) is 0 Å². The van der Waals surface area contributed by atoms with Gasteiger partial charge in [0, 0.05) is 0 Å². The van der Waals surface area contributed by atoms with Crippen LogP contribution < -0.4 is 15.4 Å². The van der Waals surface area contributed by atoms with Gasteiger partial charge in [-0.05, 0) is 31.5 Å². The zero-order chi connectivity index (χ0) is 12.4. The van der Waals surface area contributed by atoms with Gasteiger partial charge in [-0.25, -0.2) is 4.79 Å². The normalized spacial score (nSPS) is 19.1. The van der Waals surface area contributed by atoms with Gasteiger partial charge in [0.05, 0.1) is 6.10 Å². The number of carbonyl (C=O) groups is 2. The number of hydrogen-bond donors (Lipinski definition) is 2. The van der Waals surface area contributed by atoms with E-state index < -0.39 is 12.1 Å². The summed E-state index contributed by atoms with van der Waals surface area (Å²) in [5.41, 5.74) is 0.714. The van der Waals surface area contributed by atoms with Crippen molar-refractivity contribution in [1.29, 1.82) is 0 Å². The number of carbonyl (C=O) groups excluding carboxylic acids is 2. The molecule has 1 atom stereocenters. The number of benzene rings is 1. The molecule has 0 spiro atoms. The zero-order valence-corrected chi connectivity index (χ0v) is 9.69. The Morgan fingerprint density at radius 1 is 1.29 bits per heavy atom. The minimum absolute atomic E-state index is 0.0669. The molecule has 1 aromatic rings. The minimum atomic E-state index is -0.627. The molecule has 0 saturated carbocycles. The first-order valence-corrected chi connectivity index (χ1v) is 5.44. The molecular weight excluding hydrogens is 220 g/mol.